The van der Waals surface area contributed by atoms with Crippen LogP contribution in [0.25, 0.3) is 11.5 Å². The topological polar surface area (TPSA) is 128 Å². The van der Waals surface area contributed by atoms with Gasteiger partial charge in [-0.15, -0.1) is 10.2 Å². The Kier molecular flexibility index (Phi) is 5.63. The summed E-state index contributed by atoms with van der Waals surface area (Å²) in [6, 6.07) is 2.85. The molecule has 28 heavy (non-hydrogen) atoms. The number of carbonyl (C=O) groups excluding carboxylic acids is 2. The van der Waals surface area contributed by atoms with Gasteiger partial charge in [0.25, 0.3) is 0 Å². The third-order valence-electron chi connectivity index (χ3n) is 3.37. The molecule has 3 aromatic rings. The number of nitrogens with zero attached hydrogens (tertiary/aromatic N) is 5. The van der Waals surface area contributed by atoms with Crippen LogP contribution in [0.3, 0.4) is 0 Å². The van der Waals surface area contributed by atoms with Gasteiger partial charge in [0, 0.05) is 20.0 Å². The van der Waals surface area contributed by atoms with Crippen molar-refractivity contribution >= 4 is 35.1 Å². The number of hydrogen-bond acceptors (Lipinski definition) is 8. The predicted molar refractivity (Wildman–Crippen MR) is 94.3 cm³/mol. The molecule has 3 rings (SSSR count). The number of amides is 2. The van der Waals surface area contributed by atoms with Crippen molar-refractivity contribution in [2.75, 3.05) is 16.4 Å². The van der Waals surface area contributed by atoms with E-state index in [0.29, 0.717) is 11.2 Å². The lowest BCUT2D eigenvalue weighted by Gasteiger charge is -2.06. The van der Waals surface area contributed by atoms with Crippen LogP contribution in [0.15, 0.2) is 28.0 Å². The molecule has 1 aromatic carbocycles. The van der Waals surface area contributed by atoms with Crippen LogP contribution in [0.1, 0.15) is 6.92 Å². The third-order valence-corrected chi connectivity index (χ3v) is 4.39. The van der Waals surface area contributed by atoms with Crippen LogP contribution in [0, 0.1) is 11.6 Å². The molecule has 2 N–H and O–H groups in total. The third kappa shape index (κ3) is 4.31. The van der Waals surface area contributed by atoms with E-state index in [1.165, 1.54) is 11.5 Å². The minimum absolute atomic E-state index is 0.0871. The molecule has 0 aliphatic rings. The molecule has 10 nitrogen and oxygen atoms in total. The maximum Gasteiger partial charge on any atom is 0.234 e. The van der Waals surface area contributed by atoms with Crippen LogP contribution < -0.4 is 10.6 Å². The molecule has 0 aliphatic heterocycles. The summed E-state index contributed by atoms with van der Waals surface area (Å²) < 4.78 is 32.6. The van der Waals surface area contributed by atoms with Gasteiger partial charge in [-0.2, -0.15) is 0 Å². The lowest BCUT2D eigenvalue weighted by Crippen LogP contribution is -2.15. The van der Waals surface area contributed by atoms with Crippen LogP contribution in [0.2, 0.25) is 0 Å². The number of anilines is 2. The Bertz CT molecular complexity index is 1040. The summed E-state index contributed by atoms with van der Waals surface area (Å²) in [7, 11) is 1.63. The van der Waals surface area contributed by atoms with E-state index in [-0.39, 0.29) is 34.7 Å². The normalized spacial score (nSPS) is 10.7. The lowest BCUT2D eigenvalue weighted by atomic mass is 10.3. The minimum atomic E-state index is -0.872. The Hall–Kier alpha value is -3.35. The number of carbonyl (C=O) groups is 2. The maximum atomic E-state index is 13.6. The van der Waals surface area contributed by atoms with Crippen LogP contribution in [-0.4, -0.2) is 42.6 Å². The smallest absolute Gasteiger partial charge is 0.234 e. The second-order valence-corrected chi connectivity index (χ2v) is 6.41. The highest BCUT2D eigenvalue weighted by molar-refractivity contribution is 7.99. The lowest BCUT2D eigenvalue weighted by molar-refractivity contribution is -0.114. The van der Waals surface area contributed by atoms with Gasteiger partial charge < -0.3 is 15.2 Å². The molecule has 2 aromatic heterocycles. The zero-order valence-electron chi connectivity index (χ0n) is 14.6. The van der Waals surface area contributed by atoms with Gasteiger partial charge in [-0.1, -0.05) is 11.8 Å². The number of halogens is 2. The van der Waals surface area contributed by atoms with E-state index >= 15 is 0 Å². The van der Waals surface area contributed by atoms with Crippen molar-refractivity contribution in [2.24, 2.45) is 7.05 Å². The molecule has 0 atom stereocenters. The molecule has 2 amide bonds. The summed E-state index contributed by atoms with van der Waals surface area (Å²) >= 11 is 1.04. The summed E-state index contributed by atoms with van der Waals surface area (Å²) in [6.07, 6.45) is 0. The molecule has 0 unspecified atom stereocenters. The second-order valence-electron chi connectivity index (χ2n) is 5.47. The van der Waals surface area contributed by atoms with Crippen molar-refractivity contribution in [3.63, 3.8) is 0 Å². The summed E-state index contributed by atoms with van der Waals surface area (Å²) in [5.74, 6) is -2.24. The van der Waals surface area contributed by atoms with E-state index in [2.05, 4.69) is 35.8 Å². The van der Waals surface area contributed by atoms with Gasteiger partial charge in [0.05, 0.1) is 11.4 Å². The van der Waals surface area contributed by atoms with E-state index in [9.17, 15) is 18.4 Å². The minimum Gasteiger partial charge on any atom is -0.323 e. The molecule has 13 heteroatoms. The van der Waals surface area contributed by atoms with E-state index in [4.69, 9.17) is 0 Å². The van der Waals surface area contributed by atoms with Gasteiger partial charge >= 0.3 is 0 Å². The molecule has 0 spiro atoms. The van der Waals surface area contributed by atoms with Gasteiger partial charge in [0.2, 0.25) is 17.6 Å². The Morgan fingerprint density at radius 2 is 2.00 bits per heavy atom. The Morgan fingerprint density at radius 1 is 1.21 bits per heavy atom. The fourth-order valence-electron chi connectivity index (χ4n) is 2.14. The van der Waals surface area contributed by atoms with Gasteiger partial charge in [-0.3, -0.25) is 9.59 Å². The SMILES string of the molecule is CC(=O)Nc1nonc1-c1nnc(SCC(=O)Nc2ccc(F)cc2F)n1C. The molecule has 0 saturated heterocycles. The van der Waals surface area contributed by atoms with E-state index < -0.39 is 17.5 Å². The van der Waals surface area contributed by atoms with Crippen molar-refractivity contribution < 1.29 is 23.0 Å². The summed E-state index contributed by atoms with van der Waals surface area (Å²) in [4.78, 5) is 23.2. The van der Waals surface area contributed by atoms with Gasteiger partial charge in [-0.25, -0.2) is 13.4 Å². The first-order valence-electron chi connectivity index (χ1n) is 7.72. The molecule has 0 radical (unpaired) electrons. The monoisotopic (exact) mass is 409 g/mol. The Balaban J connectivity index is 1.67. The molecule has 0 saturated carbocycles. The average molecular weight is 409 g/mol. The first kappa shape index (κ1) is 19.4. The highest BCUT2D eigenvalue weighted by Gasteiger charge is 2.21. The average Bonchev–Trinajstić information content (AvgIpc) is 3.21. The molecule has 0 aliphatic carbocycles. The zero-order chi connectivity index (χ0) is 20.3. The summed E-state index contributed by atoms with van der Waals surface area (Å²) in [5, 5.41) is 20.4. The van der Waals surface area contributed by atoms with E-state index in [0.717, 1.165) is 23.9 Å². The molecular weight excluding hydrogens is 396 g/mol. The quantitative estimate of drug-likeness (QED) is 0.590. The van der Waals surface area contributed by atoms with Crippen molar-refractivity contribution in [3.05, 3.63) is 29.8 Å². The first-order chi connectivity index (χ1) is 13.3. The van der Waals surface area contributed by atoms with Crippen LogP contribution >= 0.6 is 11.8 Å². The molecule has 0 bridgehead atoms. The largest absolute Gasteiger partial charge is 0.323 e. The number of aromatic nitrogens is 5. The fourth-order valence-corrected chi connectivity index (χ4v) is 2.85. The Morgan fingerprint density at radius 3 is 2.71 bits per heavy atom. The number of benzene rings is 1. The van der Waals surface area contributed by atoms with E-state index in [1.54, 1.807) is 7.05 Å². The van der Waals surface area contributed by atoms with Crippen molar-refractivity contribution in [2.45, 2.75) is 12.1 Å². The maximum absolute atomic E-state index is 13.6. The van der Waals surface area contributed by atoms with E-state index in [1.807, 2.05) is 0 Å². The standard InChI is InChI=1S/C15H13F2N7O3S/c1-7(25)18-13-12(22-27-23-13)14-20-21-15(24(14)2)28-6-11(26)19-10-4-3-8(16)5-9(10)17/h3-5H,6H2,1-2H3,(H,19,26)(H,18,23,25). The number of rotatable bonds is 6. The van der Waals surface area contributed by atoms with Gasteiger partial charge in [0.1, 0.15) is 11.6 Å². The highest BCUT2D eigenvalue weighted by Crippen LogP contribution is 2.26. The number of thioether (sulfide) groups is 1. The first-order valence-corrected chi connectivity index (χ1v) is 8.71. The second kappa shape index (κ2) is 8.12. The van der Waals surface area contributed by atoms with Crippen LogP contribution in [0.4, 0.5) is 20.3 Å². The predicted octanol–water partition coefficient (Wildman–Crippen LogP) is 1.83. The van der Waals surface area contributed by atoms with Gasteiger partial charge in [0.15, 0.2) is 16.7 Å². The molecule has 146 valence electrons. The molecular formula is C15H13F2N7O3S. The fraction of sp³-hybridized carbons (Fsp3) is 0.200. The van der Waals surface area contributed by atoms with Crippen LogP contribution in [-0.2, 0) is 16.6 Å². The zero-order valence-corrected chi connectivity index (χ0v) is 15.4. The van der Waals surface area contributed by atoms with Crippen LogP contribution in [0.5, 0.6) is 0 Å². The Labute approximate surface area is 160 Å². The summed E-state index contributed by atoms with van der Waals surface area (Å²) in [5.41, 5.74) is 0.0501. The summed E-state index contributed by atoms with van der Waals surface area (Å²) in [6.45, 7) is 1.30. The highest BCUT2D eigenvalue weighted by atomic mass is 32.2. The molecule has 0 fully saturated rings. The number of hydrogen-bond donors (Lipinski definition) is 2. The van der Waals surface area contributed by atoms with Crippen molar-refractivity contribution in [1.82, 2.24) is 25.1 Å². The van der Waals surface area contributed by atoms with Gasteiger partial charge in [-0.05, 0) is 22.4 Å². The molecule has 2 heterocycles. The van der Waals surface area contributed by atoms with Crippen molar-refractivity contribution in [3.8, 4) is 11.5 Å². The number of nitrogens with one attached hydrogen (secondary N) is 2. The van der Waals surface area contributed by atoms with Crippen molar-refractivity contribution in [1.29, 1.82) is 0 Å².